The molecular formula is C23H17F3N4O4S. The van der Waals surface area contributed by atoms with Crippen LogP contribution in [0.3, 0.4) is 0 Å². The first-order chi connectivity index (χ1) is 16.7. The summed E-state index contributed by atoms with van der Waals surface area (Å²) in [7, 11) is 0. The van der Waals surface area contributed by atoms with Gasteiger partial charge in [-0.15, -0.1) is 0 Å². The second-order valence-corrected chi connectivity index (χ2v) is 9.19. The monoisotopic (exact) mass is 502 g/mol. The molecule has 2 aromatic heterocycles. The van der Waals surface area contributed by atoms with Crippen molar-refractivity contribution in [1.29, 1.82) is 0 Å². The van der Waals surface area contributed by atoms with E-state index >= 15 is 0 Å². The van der Waals surface area contributed by atoms with E-state index in [4.69, 9.17) is 4.42 Å². The van der Waals surface area contributed by atoms with E-state index in [0.717, 1.165) is 4.90 Å². The average molecular weight is 502 g/mol. The lowest BCUT2D eigenvalue weighted by atomic mass is 10.1. The lowest BCUT2D eigenvalue weighted by molar-refractivity contribution is -0.120. The van der Waals surface area contributed by atoms with Gasteiger partial charge in [0.2, 0.25) is 0 Å². The summed E-state index contributed by atoms with van der Waals surface area (Å²) in [5, 5.41) is 2.70. The molecule has 2 fully saturated rings. The summed E-state index contributed by atoms with van der Waals surface area (Å²) in [5.74, 6) is -0.814. The SMILES string of the molecule is O=C(Nc1cnccc1CN1C(=O)N(c2ccc(SC(F)(F)F)cc2)C(=O)C12CC2)c1ccco1. The molecule has 1 spiro atoms. The van der Waals surface area contributed by atoms with Crippen LogP contribution in [-0.4, -0.2) is 38.8 Å². The minimum absolute atomic E-state index is 0.0272. The van der Waals surface area contributed by atoms with Crippen molar-refractivity contribution in [3.05, 3.63) is 72.4 Å². The van der Waals surface area contributed by atoms with E-state index < -0.39 is 28.9 Å². The largest absolute Gasteiger partial charge is 0.459 e. The van der Waals surface area contributed by atoms with Crippen LogP contribution in [0.5, 0.6) is 0 Å². The summed E-state index contributed by atoms with van der Waals surface area (Å²) in [6.07, 6.45) is 5.25. The zero-order chi connectivity index (χ0) is 24.8. The first kappa shape index (κ1) is 23.0. The normalized spacial score (nSPS) is 16.8. The van der Waals surface area contributed by atoms with Crippen LogP contribution in [0.1, 0.15) is 29.0 Å². The van der Waals surface area contributed by atoms with Gasteiger partial charge in [-0.2, -0.15) is 13.2 Å². The predicted octanol–water partition coefficient (Wildman–Crippen LogP) is 5.04. The number of nitrogens with zero attached hydrogens (tertiary/aromatic N) is 3. The molecule has 2 aliphatic rings. The Bertz CT molecular complexity index is 1290. The van der Waals surface area contributed by atoms with Crippen molar-refractivity contribution in [3.8, 4) is 0 Å². The fraction of sp³-hybridized carbons (Fsp3) is 0.217. The number of carbonyl (C=O) groups is 3. The van der Waals surface area contributed by atoms with E-state index in [9.17, 15) is 27.6 Å². The Kier molecular flexibility index (Phi) is 5.55. The van der Waals surface area contributed by atoms with Crippen molar-refractivity contribution >= 4 is 41.0 Å². The highest BCUT2D eigenvalue weighted by molar-refractivity contribution is 8.00. The number of benzene rings is 1. The lowest BCUT2D eigenvalue weighted by Crippen LogP contribution is -2.36. The number of aromatic nitrogens is 1. The van der Waals surface area contributed by atoms with Gasteiger partial charge in [-0.3, -0.25) is 14.6 Å². The van der Waals surface area contributed by atoms with E-state index in [1.54, 1.807) is 12.1 Å². The van der Waals surface area contributed by atoms with Gasteiger partial charge in [-0.05, 0) is 72.6 Å². The van der Waals surface area contributed by atoms with E-state index in [1.807, 2.05) is 0 Å². The Balaban J connectivity index is 1.38. The maximum absolute atomic E-state index is 13.3. The van der Waals surface area contributed by atoms with Gasteiger partial charge in [0.15, 0.2) is 5.76 Å². The van der Waals surface area contributed by atoms with Gasteiger partial charge in [0, 0.05) is 11.1 Å². The zero-order valence-corrected chi connectivity index (χ0v) is 18.7. The molecular weight excluding hydrogens is 485 g/mol. The summed E-state index contributed by atoms with van der Waals surface area (Å²) in [6.45, 7) is 0.0272. The predicted molar refractivity (Wildman–Crippen MR) is 120 cm³/mol. The van der Waals surface area contributed by atoms with Crippen LogP contribution in [-0.2, 0) is 11.3 Å². The first-order valence-corrected chi connectivity index (χ1v) is 11.3. The molecule has 5 rings (SSSR count). The fourth-order valence-electron chi connectivity index (χ4n) is 4.00. The molecule has 1 aliphatic heterocycles. The Morgan fingerprint density at radius 2 is 1.89 bits per heavy atom. The number of imide groups is 1. The van der Waals surface area contributed by atoms with Crippen LogP contribution < -0.4 is 10.2 Å². The quantitative estimate of drug-likeness (QED) is 0.375. The van der Waals surface area contributed by atoms with Gasteiger partial charge in [0.05, 0.1) is 30.4 Å². The minimum Gasteiger partial charge on any atom is -0.459 e. The number of hydrogen-bond donors (Lipinski definition) is 1. The van der Waals surface area contributed by atoms with Crippen molar-refractivity contribution in [2.75, 3.05) is 10.2 Å². The van der Waals surface area contributed by atoms with Crippen LogP contribution in [0, 0.1) is 0 Å². The van der Waals surface area contributed by atoms with Gasteiger partial charge in [-0.1, -0.05) is 0 Å². The first-order valence-electron chi connectivity index (χ1n) is 10.5. The van der Waals surface area contributed by atoms with Crippen molar-refractivity contribution in [3.63, 3.8) is 0 Å². The molecule has 35 heavy (non-hydrogen) atoms. The Morgan fingerprint density at radius 1 is 1.14 bits per heavy atom. The summed E-state index contributed by atoms with van der Waals surface area (Å²) < 4.78 is 43.0. The molecule has 0 bridgehead atoms. The van der Waals surface area contributed by atoms with Crippen LogP contribution in [0.2, 0.25) is 0 Å². The third kappa shape index (κ3) is 4.36. The van der Waals surface area contributed by atoms with Crippen molar-refractivity contribution in [2.24, 2.45) is 0 Å². The van der Waals surface area contributed by atoms with E-state index in [1.165, 1.54) is 53.9 Å². The molecule has 1 aromatic carbocycles. The molecule has 0 radical (unpaired) electrons. The number of carbonyl (C=O) groups excluding carboxylic acids is 3. The van der Waals surface area contributed by atoms with Crippen molar-refractivity contribution < 1.29 is 32.0 Å². The maximum Gasteiger partial charge on any atom is 0.446 e. The molecule has 3 heterocycles. The molecule has 1 N–H and O–H groups in total. The number of halogens is 3. The summed E-state index contributed by atoms with van der Waals surface area (Å²) in [4.78, 5) is 45.4. The van der Waals surface area contributed by atoms with Crippen molar-refractivity contribution in [1.82, 2.24) is 9.88 Å². The minimum atomic E-state index is -4.44. The Labute approximate surface area is 201 Å². The number of urea groups is 1. The summed E-state index contributed by atoms with van der Waals surface area (Å²) >= 11 is -0.273. The third-order valence-corrected chi connectivity index (χ3v) is 6.56. The number of hydrogen-bond acceptors (Lipinski definition) is 6. The van der Waals surface area contributed by atoms with Gasteiger partial charge in [-0.25, -0.2) is 9.69 Å². The molecule has 0 unspecified atom stereocenters. The number of amides is 4. The maximum atomic E-state index is 13.3. The second kappa shape index (κ2) is 8.45. The number of anilines is 2. The highest BCUT2D eigenvalue weighted by atomic mass is 32.2. The van der Waals surface area contributed by atoms with E-state index in [0.29, 0.717) is 24.1 Å². The van der Waals surface area contributed by atoms with Crippen LogP contribution in [0.4, 0.5) is 29.3 Å². The highest BCUT2D eigenvalue weighted by Crippen LogP contribution is 2.50. The van der Waals surface area contributed by atoms with Crippen molar-refractivity contribution in [2.45, 2.75) is 35.3 Å². The van der Waals surface area contributed by atoms with Gasteiger partial charge in [0.25, 0.3) is 11.8 Å². The number of pyridine rings is 1. The molecule has 4 amide bonds. The lowest BCUT2D eigenvalue weighted by Gasteiger charge is -2.22. The zero-order valence-electron chi connectivity index (χ0n) is 17.9. The van der Waals surface area contributed by atoms with Crippen LogP contribution in [0.15, 0.2) is 70.4 Å². The topological polar surface area (TPSA) is 95.8 Å². The number of rotatable bonds is 6. The molecule has 1 saturated heterocycles. The summed E-state index contributed by atoms with van der Waals surface area (Å²) in [6, 6.07) is 9.23. The van der Waals surface area contributed by atoms with Gasteiger partial charge in [0.1, 0.15) is 5.54 Å². The fourth-order valence-corrected chi connectivity index (χ4v) is 4.54. The van der Waals surface area contributed by atoms with E-state index in [-0.39, 0.29) is 34.6 Å². The molecule has 0 atom stereocenters. The molecule has 12 heteroatoms. The number of thioether (sulfide) groups is 1. The molecule has 1 saturated carbocycles. The molecule has 1 aliphatic carbocycles. The molecule has 8 nitrogen and oxygen atoms in total. The smallest absolute Gasteiger partial charge is 0.446 e. The van der Waals surface area contributed by atoms with Gasteiger partial charge < -0.3 is 14.6 Å². The third-order valence-electron chi connectivity index (χ3n) is 5.83. The van der Waals surface area contributed by atoms with Crippen LogP contribution >= 0.6 is 11.8 Å². The number of nitrogens with one attached hydrogen (secondary N) is 1. The second-order valence-electron chi connectivity index (χ2n) is 8.05. The molecule has 180 valence electrons. The van der Waals surface area contributed by atoms with Gasteiger partial charge >= 0.3 is 11.5 Å². The highest BCUT2D eigenvalue weighted by Gasteiger charge is 2.65. The average Bonchev–Trinajstić information content (AvgIpc) is 3.36. The number of furan rings is 1. The van der Waals surface area contributed by atoms with E-state index in [2.05, 4.69) is 10.3 Å². The standard InChI is InChI=1S/C23H17F3N4O4S/c24-23(25,26)35-16-5-3-15(4-6-16)30-20(32)22(8-9-22)29(21(30)33)13-14-7-10-27-12-17(14)28-19(31)18-2-1-11-34-18/h1-7,10-12H,8-9,13H2,(H,28,31). The Morgan fingerprint density at radius 3 is 2.51 bits per heavy atom. The Hall–Kier alpha value is -3.80. The number of alkyl halides is 3. The molecule has 3 aromatic rings. The van der Waals surface area contributed by atoms with Crippen LogP contribution in [0.25, 0.3) is 0 Å². The summed E-state index contributed by atoms with van der Waals surface area (Å²) in [5.41, 5.74) is -4.34.